The Balaban J connectivity index is 4.73. The average molecular weight is 770 g/mol. The quantitative estimate of drug-likeness (QED) is 0.0250. The Bertz CT molecular complexity index is 999. The van der Waals surface area contributed by atoms with Crippen molar-refractivity contribution in [3.05, 3.63) is 60.8 Å². The summed E-state index contributed by atoms with van der Waals surface area (Å²) in [6.45, 7) is 6.36. The molecule has 0 radical (unpaired) electrons. The van der Waals surface area contributed by atoms with Gasteiger partial charge in [0.2, 0.25) is 5.91 Å². The van der Waals surface area contributed by atoms with E-state index in [0.29, 0.717) is 19.3 Å². The molecule has 1 amide bonds. The molecule has 6 heteroatoms. The summed E-state index contributed by atoms with van der Waals surface area (Å²) in [6.07, 6.45) is 51.3. The van der Waals surface area contributed by atoms with E-state index in [-0.39, 0.29) is 24.9 Å². The van der Waals surface area contributed by atoms with Gasteiger partial charge in [-0.05, 0) is 70.6 Å². The Morgan fingerprint density at radius 2 is 0.964 bits per heavy atom. The summed E-state index contributed by atoms with van der Waals surface area (Å²) < 4.78 is 5.88. The molecular weight excluding hydrogens is 683 g/mol. The first-order valence-electron chi connectivity index (χ1n) is 23.1. The normalized spacial score (nSPS) is 13.9. The summed E-state index contributed by atoms with van der Waals surface area (Å²) >= 11 is 0. The zero-order valence-electron chi connectivity index (χ0n) is 36.0. The van der Waals surface area contributed by atoms with Gasteiger partial charge in [-0.3, -0.25) is 9.59 Å². The standard InChI is InChI=1S/C49H87NO5/c1-4-7-10-13-16-19-21-22-23-24-25-27-29-31-34-37-40-45(55-49(54)42-39-36-33-30-26-20-17-14-11-8-5-2)43-48(53)50-46(44-51)47(52)41-38-35-32-28-18-15-12-9-6-3/h14,16-17,19,21-25,27,45-47,51-52H,4-13,15,18,20,26,28-44H2,1-3H3,(H,50,53)/b17-14-,19-16+,22-21+,24-23+,27-25+. The van der Waals surface area contributed by atoms with E-state index >= 15 is 0 Å². The van der Waals surface area contributed by atoms with Crippen molar-refractivity contribution in [1.29, 1.82) is 0 Å². The van der Waals surface area contributed by atoms with Crippen LogP contribution >= 0.6 is 0 Å². The number of esters is 1. The number of carbonyl (C=O) groups excluding carboxylic acids is 2. The number of ether oxygens (including phenoxy) is 1. The summed E-state index contributed by atoms with van der Waals surface area (Å²) in [4.78, 5) is 26.0. The number of hydrogen-bond donors (Lipinski definition) is 3. The minimum Gasteiger partial charge on any atom is -0.462 e. The summed E-state index contributed by atoms with van der Waals surface area (Å²) in [5.74, 6) is -0.529. The second-order valence-corrected chi connectivity index (χ2v) is 15.5. The molecule has 0 aliphatic heterocycles. The number of rotatable bonds is 40. The molecule has 6 nitrogen and oxygen atoms in total. The van der Waals surface area contributed by atoms with Gasteiger partial charge in [0.15, 0.2) is 0 Å². The fourth-order valence-corrected chi connectivity index (χ4v) is 6.60. The van der Waals surface area contributed by atoms with E-state index in [1.165, 1.54) is 89.9 Å². The van der Waals surface area contributed by atoms with Gasteiger partial charge in [0.25, 0.3) is 0 Å². The molecule has 0 aliphatic carbocycles. The topological polar surface area (TPSA) is 95.9 Å². The van der Waals surface area contributed by atoms with Gasteiger partial charge < -0.3 is 20.3 Å². The van der Waals surface area contributed by atoms with Crippen molar-refractivity contribution in [2.75, 3.05) is 6.61 Å². The second kappa shape index (κ2) is 42.7. The smallest absolute Gasteiger partial charge is 0.306 e. The molecule has 0 aromatic carbocycles. The van der Waals surface area contributed by atoms with Crippen LogP contribution in [0.1, 0.15) is 213 Å². The number of allylic oxidation sites excluding steroid dienone is 10. The lowest BCUT2D eigenvalue weighted by Gasteiger charge is -2.24. The predicted octanol–water partition coefficient (Wildman–Crippen LogP) is 13.3. The van der Waals surface area contributed by atoms with Crippen molar-refractivity contribution < 1.29 is 24.5 Å². The van der Waals surface area contributed by atoms with Crippen molar-refractivity contribution >= 4 is 11.9 Å². The van der Waals surface area contributed by atoms with Gasteiger partial charge >= 0.3 is 5.97 Å². The lowest BCUT2D eigenvalue weighted by atomic mass is 10.0. The Morgan fingerprint density at radius 3 is 1.56 bits per heavy atom. The van der Waals surface area contributed by atoms with Gasteiger partial charge in [0.05, 0.1) is 25.2 Å². The molecule has 55 heavy (non-hydrogen) atoms. The van der Waals surface area contributed by atoms with Crippen LogP contribution in [0, 0.1) is 0 Å². The Hall–Kier alpha value is -2.44. The highest BCUT2D eigenvalue weighted by molar-refractivity contribution is 5.77. The van der Waals surface area contributed by atoms with Crippen molar-refractivity contribution in [2.24, 2.45) is 0 Å². The third kappa shape index (κ3) is 38.2. The van der Waals surface area contributed by atoms with Crippen molar-refractivity contribution in [2.45, 2.75) is 232 Å². The molecule has 3 atom stereocenters. The molecule has 318 valence electrons. The van der Waals surface area contributed by atoms with Crippen LogP contribution in [-0.4, -0.2) is 46.9 Å². The maximum absolute atomic E-state index is 13.1. The van der Waals surface area contributed by atoms with E-state index in [2.05, 4.69) is 80.8 Å². The Kier molecular flexibility index (Phi) is 40.8. The van der Waals surface area contributed by atoms with E-state index in [9.17, 15) is 19.8 Å². The molecule has 0 fully saturated rings. The molecule has 0 aliphatic rings. The molecule has 0 aromatic rings. The highest BCUT2D eigenvalue weighted by atomic mass is 16.5. The van der Waals surface area contributed by atoms with Crippen molar-refractivity contribution in [3.63, 3.8) is 0 Å². The van der Waals surface area contributed by atoms with Crippen LogP contribution in [0.5, 0.6) is 0 Å². The fraction of sp³-hybridized carbons (Fsp3) is 0.755. The van der Waals surface area contributed by atoms with Crippen LogP contribution in [0.2, 0.25) is 0 Å². The van der Waals surface area contributed by atoms with E-state index in [0.717, 1.165) is 77.0 Å². The fourth-order valence-electron chi connectivity index (χ4n) is 6.60. The first-order chi connectivity index (χ1) is 27.0. The van der Waals surface area contributed by atoms with Crippen LogP contribution < -0.4 is 5.32 Å². The number of aliphatic hydroxyl groups is 2. The number of hydrogen-bond acceptors (Lipinski definition) is 5. The van der Waals surface area contributed by atoms with E-state index < -0.39 is 18.2 Å². The predicted molar refractivity (Wildman–Crippen MR) is 236 cm³/mol. The largest absolute Gasteiger partial charge is 0.462 e. The van der Waals surface area contributed by atoms with Crippen LogP contribution in [-0.2, 0) is 14.3 Å². The maximum atomic E-state index is 13.1. The highest BCUT2D eigenvalue weighted by Gasteiger charge is 2.24. The zero-order chi connectivity index (χ0) is 40.3. The lowest BCUT2D eigenvalue weighted by Crippen LogP contribution is -2.46. The summed E-state index contributed by atoms with van der Waals surface area (Å²) in [7, 11) is 0. The van der Waals surface area contributed by atoms with Crippen LogP contribution in [0.3, 0.4) is 0 Å². The number of amides is 1. The third-order valence-electron chi connectivity index (χ3n) is 10.2. The molecule has 0 rings (SSSR count). The van der Waals surface area contributed by atoms with Crippen molar-refractivity contribution in [1.82, 2.24) is 5.32 Å². The number of unbranched alkanes of at least 4 members (excludes halogenated alkanes) is 21. The molecule has 3 N–H and O–H groups in total. The van der Waals surface area contributed by atoms with Crippen LogP contribution in [0.4, 0.5) is 0 Å². The molecule has 0 saturated carbocycles. The summed E-state index contributed by atoms with van der Waals surface area (Å²) in [6, 6.07) is -0.715. The zero-order valence-corrected chi connectivity index (χ0v) is 36.0. The SMILES string of the molecule is CCCC/C=C\CCCCCCCC(=O)OC(CCCCC/C=C/C=C/C=C/C=C/CCCCC)CC(=O)NC(CO)C(O)CCCCCCCCCCC. The molecule has 0 heterocycles. The molecule has 3 unspecified atom stereocenters. The molecule has 0 bridgehead atoms. The first-order valence-corrected chi connectivity index (χ1v) is 23.1. The molecule has 0 aromatic heterocycles. The van der Waals surface area contributed by atoms with E-state index in [1.54, 1.807) is 0 Å². The molecular formula is C49H87NO5. The van der Waals surface area contributed by atoms with Gasteiger partial charge in [-0.15, -0.1) is 0 Å². The number of carbonyl (C=O) groups is 2. The summed E-state index contributed by atoms with van der Waals surface area (Å²) in [5, 5.41) is 23.6. The van der Waals surface area contributed by atoms with Gasteiger partial charge in [0.1, 0.15) is 6.10 Å². The van der Waals surface area contributed by atoms with Gasteiger partial charge in [-0.25, -0.2) is 0 Å². The third-order valence-corrected chi connectivity index (χ3v) is 10.2. The van der Waals surface area contributed by atoms with E-state index in [4.69, 9.17) is 4.74 Å². The molecule has 0 saturated heterocycles. The van der Waals surface area contributed by atoms with Gasteiger partial charge in [-0.1, -0.05) is 191 Å². The van der Waals surface area contributed by atoms with Crippen molar-refractivity contribution in [3.8, 4) is 0 Å². The van der Waals surface area contributed by atoms with Gasteiger partial charge in [-0.2, -0.15) is 0 Å². The monoisotopic (exact) mass is 770 g/mol. The maximum Gasteiger partial charge on any atom is 0.306 e. The van der Waals surface area contributed by atoms with Crippen LogP contribution in [0.15, 0.2) is 60.8 Å². The van der Waals surface area contributed by atoms with Gasteiger partial charge in [0, 0.05) is 6.42 Å². The second-order valence-electron chi connectivity index (χ2n) is 15.5. The highest BCUT2D eigenvalue weighted by Crippen LogP contribution is 2.17. The van der Waals surface area contributed by atoms with E-state index in [1.807, 2.05) is 6.08 Å². The minimum atomic E-state index is -0.798. The Labute approximate surface area is 339 Å². The van der Waals surface area contributed by atoms with Crippen LogP contribution in [0.25, 0.3) is 0 Å². The number of aliphatic hydroxyl groups excluding tert-OH is 2. The lowest BCUT2D eigenvalue weighted by molar-refractivity contribution is -0.151. The Morgan fingerprint density at radius 1 is 0.527 bits per heavy atom. The summed E-state index contributed by atoms with van der Waals surface area (Å²) in [5.41, 5.74) is 0. The molecule has 0 spiro atoms. The average Bonchev–Trinajstić information content (AvgIpc) is 3.18. The minimum absolute atomic E-state index is 0.0465. The first kappa shape index (κ1) is 52.6. The number of nitrogens with one attached hydrogen (secondary N) is 1.